The molecule has 1 amide bonds. The lowest BCUT2D eigenvalue weighted by molar-refractivity contribution is 0.0696. The number of benzene rings is 1. The molecular weight excluding hydrogens is 258 g/mol. The fraction of sp³-hybridized carbons (Fsp3) is 0.214. The van der Waals surface area contributed by atoms with E-state index in [1.165, 1.54) is 12.1 Å². The highest BCUT2D eigenvalue weighted by Gasteiger charge is 2.17. The van der Waals surface area contributed by atoms with Crippen LogP contribution < -0.4 is 5.32 Å². The van der Waals surface area contributed by atoms with Crippen molar-refractivity contribution in [3.63, 3.8) is 0 Å². The van der Waals surface area contributed by atoms with E-state index in [1.54, 1.807) is 30.8 Å². The lowest BCUT2D eigenvalue weighted by atomic mass is 10.1. The number of carbonyl (C=O) groups is 2. The standard InChI is InChI=1S/C14H15N3O3/c1-8-12(9(2)17(3)16-8)13(18)15-11-6-4-10(5-7-11)14(19)20/h4-7H,1-3H3,(H,15,18)(H,19,20). The summed E-state index contributed by atoms with van der Waals surface area (Å²) in [6.07, 6.45) is 0. The molecule has 0 radical (unpaired) electrons. The van der Waals surface area contributed by atoms with Crippen LogP contribution in [0.3, 0.4) is 0 Å². The highest BCUT2D eigenvalue weighted by atomic mass is 16.4. The molecule has 6 nitrogen and oxygen atoms in total. The zero-order valence-corrected chi connectivity index (χ0v) is 11.5. The summed E-state index contributed by atoms with van der Waals surface area (Å²) >= 11 is 0. The number of amides is 1. The predicted octanol–water partition coefficient (Wildman–Crippen LogP) is 1.99. The van der Waals surface area contributed by atoms with Crippen LogP contribution in [0.4, 0.5) is 5.69 Å². The van der Waals surface area contributed by atoms with E-state index < -0.39 is 5.97 Å². The maximum atomic E-state index is 12.2. The smallest absolute Gasteiger partial charge is 0.335 e. The first-order valence-electron chi connectivity index (χ1n) is 6.05. The summed E-state index contributed by atoms with van der Waals surface area (Å²) in [4.78, 5) is 23.0. The molecule has 0 aliphatic carbocycles. The van der Waals surface area contributed by atoms with E-state index in [1.807, 2.05) is 6.92 Å². The Hall–Kier alpha value is -2.63. The second kappa shape index (κ2) is 5.16. The molecule has 0 spiro atoms. The third-order valence-electron chi connectivity index (χ3n) is 3.13. The third kappa shape index (κ3) is 2.54. The summed E-state index contributed by atoms with van der Waals surface area (Å²) < 4.78 is 1.65. The molecule has 2 rings (SSSR count). The number of aryl methyl sites for hydroxylation is 2. The van der Waals surface area contributed by atoms with E-state index in [-0.39, 0.29) is 11.5 Å². The van der Waals surface area contributed by atoms with Crippen LogP contribution >= 0.6 is 0 Å². The van der Waals surface area contributed by atoms with Crippen LogP contribution in [0.25, 0.3) is 0 Å². The van der Waals surface area contributed by atoms with Gasteiger partial charge < -0.3 is 10.4 Å². The zero-order valence-electron chi connectivity index (χ0n) is 11.5. The first-order chi connectivity index (χ1) is 9.40. The fourth-order valence-corrected chi connectivity index (χ4v) is 1.99. The van der Waals surface area contributed by atoms with E-state index in [9.17, 15) is 9.59 Å². The molecule has 104 valence electrons. The third-order valence-corrected chi connectivity index (χ3v) is 3.13. The molecule has 0 aliphatic heterocycles. The number of aromatic carboxylic acids is 1. The van der Waals surface area contributed by atoms with Gasteiger partial charge in [-0.15, -0.1) is 0 Å². The van der Waals surface area contributed by atoms with Crippen molar-refractivity contribution in [2.24, 2.45) is 7.05 Å². The minimum Gasteiger partial charge on any atom is -0.478 e. The topological polar surface area (TPSA) is 84.2 Å². The Morgan fingerprint density at radius 2 is 1.80 bits per heavy atom. The molecule has 0 saturated heterocycles. The van der Waals surface area contributed by atoms with Gasteiger partial charge in [0.25, 0.3) is 5.91 Å². The van der Waals surface area contributed by atoms with Gasteiger partial charge in [-0.1, -0.05) is 0 Å². The van der Waals surface area contributed by atoms with Crippen LogP contribution in [-0.4, -0.2) is 26.8 Å². The van der Waals surface area contributed by atoms with Crippen LogP contribution in [0, 0.1) is 13.8 Å². The van der Waals surface area contributed by atoms with Gasteiger partial charge in [-0.25, -0.2) is 4.79 Å². The van der Waals surface area contributed by atoms with Gasteiger partial charge in [-0.05, 0) is 38.1 Å². The second-order valence-corrected chi connectivity index (χ2v) is 4.51. The number of carboxylic acid groups (broad SMARTS) is 1. The van der Waals surface area contributed by atoms with Crippen molar-refractivity contribution in [3.05, 3.63) is 46.8 Å². The predicted molar refractivity (Wildman–Crippen MR) is 74.0 cm³/mol. The normalized spacial score (nSPS) is 10.3. The number of rotatable bonds is 3. The molecule has 20 heavy (non-hydrogen) atoms. The molecule has 1 heterocycles. The van der Waals surface area contributed by atoms with E-state index in [0.717, 1.165) is 5.69 Å². The summed E-state index contributed by atoms with van der Waals surface area (Å²) in [6.45, 7) is 3.60. The number of carbonyl (C=O) groups excluding carboxylic acids is 1. The number of nitrogens with one attached hydrogen (secondary N) is 1. The lowest BCUT2D eigenvalue weighted by Crippen LogP contribution is -2.14. The summed E-state index contributed by atoms with van der Waals surface area (Å²) in [5.41, 5.74) is 2.70. The maximum Gasteiger partial charge on any atom is 0.335 e. The van der Waals surface area contributed by atoms with Gasteiger partial charge in [0, 0.05) is 18.4 Å². The largest absolute Gasteiger partial charge is 0.478 e. The quantitative estimate of drug-likeness (QED) is 0.895. The summed E-state index contributed by atoms with van der Waals surface area (Å²) in [5, 5.41) is 15.7. The van der Waals surface area contributed by atoms with Gasteiger partial charge in [-0.3, -0.25) is 9.48 Å². The van der Waals surface area contributed by atoms with E-state index in [2.05, 4.69) is 10.4 Å². The molecule has 2 N–H and O–H groups in total. The molecule has 0 atom stereocenters. The van der Waals surface area contributed by atoms with Gasteiger partial charge in [-0.2, -0.15) is 5.10 Å². The van der Waals surface area contributed by atoms with E-state index in [0.29, 0.717) is 16.9 Å². The summed E-state index contributed by atoms with van der Waals surface area (Å²) in [7, 11) is 1.78. The van der Waals surface area contributed by atoms with Crippen molar-refractivity contribution in [2.75, 3.05) is 5.32 Å². The van der Waals surface area contributed by atoms with Crippen LogP contribution in [0.1, 0.15) is 32.1 Å². The Kier molecular flexibility index (Phi) is 3.56. The van der Waals surface area contributed by atoms with Gasteiger partial charge in [0.05, 0.1) is 16.8 Å². The van der Waals surface area contributed by atoms with Crippen LogP contribution in [-0.2, 0) is 7.05 Å². The first kappa shape index (κ1) is 13.8. The Morgan fingerprint density at radius 1 is 1.20 bits per heavy atom. The Labute approximate surface area is 116 Å². The zero-order chi connectivity index (χ0) is 14.9. The van der Waals surface area contributed by atoms with Gasteiger partial charge in [0.2, 0.25) is 0 Å². The molecule has 0 unspecified atom stereocenters. The number of aromatic nitrogens is 2. The molecule has 2 aromatic rings. The van der Waals surface area contributed by atoms with Crippen molar-refractivity contribution in [2.45, 2.75) is 13.8 Å². The van der Waals surface area contributed by atoms with E-state index in [4.69, 9.17) is 5.11 Å². The van der Waals surface area contributed by atoms with Gasteiger partial charge in [0.1, 0.15) is 0 Å². The molecule has 0 aliphatic rings. The molecule has 1 aromatic heterocycles. The SMILES string of the molecule is Cc1nn(C)c(C)c1C(=O)Nc1ccc(C(=O)O)cc1. The molecule has 0 saturated carbocycles. The highest BCUT2D eigenvalue weighted by Crippen LogP contribution is 2.16. The lowest BCUT2D eigenvalue weighted by Gasteiger charge is -2.06. The average molecular weight is 273 g/mol. The van der Waals surface area contributed by atoms with Crippen LogP contribution in [0.2, 0.25) is 0 Å². The average Bonchev–Trinajstić information content (AvgIpc) is 2.63. The van der Waals surface area contributed by atoms with Crippen molar-refractivity contribution in [1.29, 1.82) is 0 Å². The Balaban J connectivity index is 2.21. The number of anilines is 1. The minimum absolute atomic E-state index is 0.178. The molecule has 0 fully saturated rings. The minimum atomic E-state index is -0.998. The van der Waals surface area contributed by atoms with Gasteiger partial charge >= 0.3 is 5.97 Å². The van der Waals surface area contributed by atoms with Crippen molar-refractivity contribution < 1.29 is 14.7 Å². The fourth-order valence-electron chi connectivity index (χ4n) is 1.99. The van der Waals surface area contributed by atoms with Crippen molar-refractivity contribution in [3.8, 4) is 0 Å². The number of hydrogen-bond donors (Lipinski definition) is 2. The second-order valence-electron chi connectivity index (χ2n) is 4.51. The highest BCUT2D eigenvalue weighted by molar-refractivity contribution is 6.06. The van der Waals surface area contributed by atoms with Crippen LogP contribution in [0.5, 0.6) is 0 Å². The molecular formula is C14H15N3O3. The van der Waals surface area contributed by atoms with E-state index >= 15 is 0 Å². The summed E-state index contributed by atoms with van der Waals surface area (Å²) in [5.74, 6) is -1.25. The Morgan fingerprint density at radius 3 is 2.25 bits per heavy atom. The molecule has 0 bridgehead atoms. The monoisotopic (exact) mass is 273 g/mol. The maximum absolute atomic E-state index is 12.2. The molecule has 6 heteroatoms. The Bertz CT molecular complexity index is 672. The summed E-state index contributed by atoms with van der Waals surface area (Å²) in [6, 6.07) is 6.01. The number of carboxylic acids is 1. The number of hydrogen-bond acceptors (Lipinski definition) is 3. The van der Waals surface area contributed by atoms with Crippen molar-refractivity contribution in [1.82, 2.24) is 9.78 Å². The number of nitrogens with zero attached hydrogens (tertiary/aromatic N) is 2. The first-order valence-corrected chi connectivity index (χ1v) is 6.05. The van der Waals surface area contributed by atoms with Crippen LogP contribution in [0.15, 0.2) is 24.3 Å². The molecule has 1 aromatic carbocycles. The van der Waals surface area contributed by atoms with Gasteiger partial charge in [0.15, 0.2) is 0 Å². The van der Waals surface area contributed by atoms with Crippen molar-refractivity contribution >= 4 is 17.6 Å².